The fraction of sp³-hybridized carbons (Fsp3) is 0.667. The third-order valence-electron chi connectivity index (χ3n) is 3.28. The first-order chi connectivity index (χ1) is 6.77. The first-order valence-electron chi connectivity index (χ1n) is 5.46. The summed E-state index contributed by atoms with van der Waals surface area (Å²) in [5.74, 6) is 1.32. The lowest BCUT2D eigenvalue weighted by Gasteiger charge is -2.17. The molecule has 0 spiro atoms. The molecule has 2 atom stereocenters. The zero-order valence-corrected chi connectivity index (χ0v) is 9.46. The summed E-state index contributed by atoms with van der Waals surface area (Å²) in [4.78, 5) is 0. The molecule has 1 fully saturated rings. The summed E-state index contributed by atoms with van der Waals surface area (Å²) < 4.78 is 0. The number of aliphatic hydroxyl groups excluding tert-OH is 1. The molecule has 0 radical (unpaired) electrons. The Labute approximate surface area is 89.8 Å². The van der Waals surface area contributed by atoms with Crippen LogP contribution in [0.15, 0.2) is 16.8 Å². The molecule has 1 aliphatic carbocycles. The van der Waals surface area contributed by atoms with Crippen LogP contribution in [-0.2, 0) is 6.42 Å². The van der Waals surface area contributed by atoms with Crippen molar-refractivity contribution in [2.75, 3.05) is 0 Å². The Morgan fingerprint density at radius 3 is 2.93 bits per heavy atom. The lowest BCUT2D eigenvalue weighted by molar-refractivity contribution is 0.0968. The van der Waals surface area contributed by atoms with E-state index in [1.807, 2.05) is 0 Å². The van der Waals surface area contributed by atoms with Gasteiger partial charge in [0.15, 0.2) is 0 Å². The lowest BCUT2D eigenvalue weighted by atomic mass is 9.95. The fourth-order valence-electron chi connectivity index (χ4n) is 1.95. The molecule has 2 unspecified atom stereocenters. The Kier molecular flexibility index (Phi) is 3.24. The first kappa shape index (κ1) is 10.2. The van der Waals surface area contributed by atoms with E-state index in [0.29, 0.717) is 5.92 Å². The van der Waals surface area contributed by atoms with Crippen LogP contribution in [0.4, 0.5) is 0 Å². The van der Waals surface area contributed by atoms with Gasteiger partial charge in [-0.15, -0.1) is 0 Å². The highest BCUT2D eigenvalue weighted by Gasteiger charge is 2.32. The Hall–Kier alpha value is -0.340. The van der Waals surface area contributed by atoms with Gasteiger partial charge in [0.1, 0.15) is 0 Å². The summed E-state index contributed by atoms with van der Waals surface area (Å²) in [7, 11) is 0. The van der Waals surface area contributed by atoms with E-state index < -0.39 is 0 Å². The summed E-state index contributed by atoms with van der Waals surface area (Å²) in [6.07, 6.45) is 4.52. The molecule has 1 aliphatic rings. The van der Waals surface area contributed by atoms with Gasteiger partial charge in [0.05, 0.1) is 6.10 Å². The SMILES string of the molecule is CC(C(O)CCc1ccsc1)C1CC1. The van der Waals surface area contributed by atoms with Gasteiger partial charge >= 0.3 is 0 Å². The van der Waals surface area contributed by atoms with E-state index in [9.17, 15) is 5.11 Å². The maximum atomic E-state index is 9.93. The van der Waals surface area contributed by atoms with Crippen LogP contribution in [0.25, 0.3) is 0 Å². The van der Waals surface area contributed by atoms with Crippen molar-refractivity contribution in [3.8, 4) is 0 Å². The van der Waals surface area contributed by atoms with Gasteiger partial charge in [0.25, 0.3) is 0 Å². The maximum absolute atomic E-state index is 9.93. The van der Waals surface area contributed by atoms with Crippen molar-refractivity contribution in [3.63, 3.8) is 0 Å². The monoisotopic (exact) mass is 210 g/mol. The number of hydrogen-bond donors (Lipinski definition) is 1. The smallest absolute Gasteiger partial charge is 0.0571 e. The predicted molar refractivity (Wildman–Crippen MR) is 60.5 cm³/mol. The van der Waals surface area contributed by atoms with Crippen molar-refractivity contribution >= 4 is 11.3 Å². The Morgan fingerprint density at radius 1 is 1.57 bits per heavy atom. The molecule has 1 aromatic rings. The van der Waals surface area contributed by atoms with Crippen LogP contribution in [0.3, 0.4) is 0 Å². The summed E-state index contributed by atoms with van der Waals surface area (Å²) >= 11 is 1.74. The molecule has 2 rings (SSSR count). The molecule has 0 saturated heterocycles. The molecule has 14 heavy (non-hydrogen) atoms. The molecule has 0 bridgehead atoms. The molecule has 1 aromatic heterocycles. The highest BCUT2D eigenvalue weighted by Crippen LogP contribution is 2.38. The van der Waals surface area contributed by atoms with E-state index in [4.69, 9.17) is 0 Å². The average molecular weight is 210 g/mol. The number of aryl methyl sites for hydroxylation is 1. The van der Waals surface area contributed by atoms with Gasteiger partial charge in [-0.2, -0.15) is 11.3 Å². The van der Waals surface area contributed by atoms with Gasteiger partial charge < -0.3 is 5.11 Å². The molecular formula is C12H18OS. The van der Waals surface area contributed by atoms with Crippen LogP contribution in [0.2, 0.25) is 0 Å². The van der Waals surface area contributed by atoms with Crippen LogP contribution in [0, 0.1) is 11.8 Å². The molecule has 1 nitrogen and oxygen atoms in total. The van der Waals surface area contributed by atoms with Gasteiger partial charge in [0, 0.05) is 0 Å². The number of rotatable bonds is 5. The zero-order valence-electron chi connectivity index (χ0n) is 8.65. The van der Waals surface area contributed by atoms with Crippen molar-refractivity contribution in [3.05, 3.63) is 22.4 Å². The van der Waals surface area contributed by atoms with E-state index in [-0.39, 0.29) is 6.10 Å². The minimum Gasteiger partial charge on any atom is -0.393 e. The fourth-order valence-corrected chi connectivity index (χ4v) is 2.65. The average Bonchev–Trinajstić information content (AvgIpc) is 2.91. The number of aliphatic hydroxyl groups is 1. The van der Waals surface area contributed by atoms with Crippen LogP contribution in [-0.4, -0.2) is 11.2 Å². The molecule has 1 heterocycles. The Balaban J connectivity index is 1.74. The van der Waals surface area contributed by atoms with Crippen molar-refractivity contribution < 1.29 is 5.11 Å². The molecule has 0 aromatic carbocycles. The lowest BCUT2D eigenvalue weighted by Crippen LogP contribution is -2.19. The second kappa shape index (κ2) is 4.45. The van der Waals surface area contributed by atoms with E-state index in [0.717, 1.165) is 18.8 Å². The highest BCUT2D eigenvalue weighted by atomic mass is 32.1. The van der Waals surface area contributed by atoms with E-state index >= 15 is 0 Å². The summed E-state index contributed by atoms with van der Waals surface area (Å²) in [5, 5.41) is 14.2. The van der Waals surface area contributed by atoms with Gasteiger partial charge in [0.2, 0.25) is 0 Å². The van der Waals surface area contributed by atoms with Gasteiger partial charge in [-0.3, -0.25) is 0 Å². The summed E-state index contributed by atoms with van der Waals surface area (Å²) in [6, 6.07) is 2.15. The predicted octanol–water partition coefficient (Wildman–Crippen LogP) is 3.09. The highest BCUT2D eigenvalue weighted by molar-refractivity contribution is 7.07. The quantitative estimate of drug-likeness (QED) is 0.792. The third kappa shape index (κ3) is 2.58. The van der Waals surface area contributed by atoms with Gasteiger partial charge in [-0.05, 0) is 59.9 Å². The Morgan fingerprint density at radius 2 is 2.36 bits per heavy atom. The minimum atomic E-state index is -0.0950. The first-order valence-corrected chi connectivity index (χ1v) is 6.41. The summed E-state index contributed by atoms with van der Waals surface area (Å²) in [6.45, 7) is 2.19. The molecule has 0 amide bonds. The molecule has 1 N–H and O–H groups in total. The van der Waals surface area contributed by atoms with Crippen LogP contribution in [0.5, 0.6) is 0 Å². The van der Waals surface area contributed by atoms with Gasteiger partial charge in [-0.1, -0.05) is 6.92 Å². The van der Waals surface area contributed by atoms with Crippen LogP contribution >= 0.6 is 11.3 Å². The van der Waals surface area contributed by atoms with E-state index in [1.54, 1.807) is 11.3 Å². The molecule has 78 valence electrons. The molecular weight excluding hydrogens is 192 g/mol. The molecule has 2 heteroatoms. The van der Waals surface area contributed by atoms with Crippen molar-refractivity contribution in [1.29, 1.82) is 0 Å². The molecule has 0 aliphatic heterocycles. The normalized spacial score (nSPS) is 20.7. The van der Waals surface area contributed by atoms with Crippen LogP contribution < -0.4 is 0 Å². The van der Waals surface area contributed by atoms with Gasteiger partial charge in [-0.25, -0.2) is 0 Å². The second-order valence-electron chi connectivity index (χ2n) is 4.43. The second-order valence-corrected chi connectivity index (χ2v) is 5.21. The van der Waals surface area contributed by atoms with Crippen molar-refractivity contribution in [1.82, 2.24) is 0 Å². The van der Waals surface area contributed by atoms with E-state index in [2.05, 4.69) is 23.8 Å². The third-order valence-corrected chi connectivity index (χ3v) is 4.01. The standard InChI is InChI=1S/C12H18OS/c1-9(11-3-4-11)12(13)5-2-10-6-7-14-8-10/h6-9,11-13H,2-5H2,1H3. The van der Waals surface area contributed by atoms with Crippen molar-refractivity contribution in [2.24, 2.45) is 11.8 Å². The minimum absolute atomic E-state index is 0.0950. The van der Waals surface area contributed by atoms with E-state index in [1.165, 1.54) is 18.4 Å². The Bertz CT molecular complexity index is 264. The molecule has 1 saturated carbocycles. The summed E-state index contributed by atoms with van der Waals surface area (Å²) in [5.41, 5.74) is 1.37. The maximum Gasteiger partial charge on any atom is 0.0571 e. The van der Waals surface area contributed by atoms with Crippen LogP contribution in [0.1, 0.15) is 31.7 Å². The largest absolute Gasteiger partial charge is 0.393 e. The topological polar surface area (TPSA) is 20.2 Å². The number of hydrogen-bond acceptors (Lipinski definition) is 2. The zero-order chi connectivity index (χ0) is 9.97. The number of thiophene rings is 1. The van der Waals surface area contributed by atoms with Crippen molar-refractivity contribution in [2.45, 2.75) is 38.7 Å².